The van der Waals surface area contributed by atoms with Crippen LogP contribution >= 0.6 is 0 Å². The average Bonchev–Trinajstić information content (AvgIpc) is 2.58. The zero-order valence-corrected chi connectivity index (χ0v) is 9.54. The Kier molecular flexibility index (Phi) is 4.13. The first-order valence-corrected chi connectivity index (χ1v) is 4.82. The van der Waals surface area contributed by atoms with E-state index in [4.69, 9.17) is 5.11 Å². The van der Waals surface area contributed by atoms with Crippen molar-refractivity contribution in [3.05, 3.63) is 17.5 Å². The molecule has 1 aromatic heterocycles. The van der Waals surface area contributed by atoms with Gasteiger partial charge >= 0.3 is 18.1 Å². The molecule has 0 saturated carbocycles. The van der Waals surface area contributed by atoms with E-state index in [-0.39, 0.29) is 11.3 Å². The second-order valence-electron chi connectivity index (χ2n) is 3.63. The number of aryl methyl sites for hydroxylation is 1. The molecule has 1 heterocycles. The van der Waals surface area contributed by atoms with Crippen LogP contribution in [0.4, 0.5) is 22.0 Å². The molecule has 0 radical (unpaired) electrons. The quantitative estimate of drug-likeness (QED) is 0.840. The van der Waals surface area contributed by atoms with Crippen molar-refractivity contribution in [1.29, 1.82) is 0 Å². The summed E-state index contributed by atoms with van der Waals surface area (Å²) in [5.74, 6) is -6.37. The Morgan fingerprint density at radius 3 is 2.47 bits per heavy atom. The summed E-state index contributed by atoms with van der Waals surface area (Å²) in [6, 6.07) is 0. The minimum absolute atomic E-state index is 0.106. The lowest BCUT2D eigenvalue weighted by atomic mass is 10.2. The fourth-order valence-corrected chi connectivity index (χ4v) is 1.17. The maximum absolute atomic E-state index is 12.5. The van der Waals surface area contributed by atoms with Gasteiger partial charge in [-0.15, -0.1) is 0 Å². The van der Waals surface area contributed by atoms with Crippen LogP contribution in [0.15, 0.2) is 6.20 Å². The molecule has 108 valence electrons. The smallest absolute Gasteiger partial charge is 0.455 e. The molecule has 10 heteroatoms. The Morgan fingerprint density at radius 2 is 2.00 bits per heavy atom. The molecular formula is C9H9F5N2O3. The third kappa shape index (κ3) is 3.40. The van der Waals surface area contributed by atoms with Crippen molar-refractivity contribution in [2.45, 2.75) is 18.7 Å². The molecule has 0 unspecified atom stereocenters. The molecule has 0 bridgehead atoms. The Labute approximate surface area is 103 Å². The highest BCUT2D eigenvalue weighted by molar-refractivity contribution is 5.88. The van der Waals surface area contributed by atoms with Gasteiger partial charge in [0, 0.05) is 7.05 Å². The average molecular weight is 288 g/mol. The van der Waals surface area contributed by atoms with E-state index in [1.54, 1.807) is 0 Å². The van der Waals surface area contributed by atoms with Gasteiger partial charge in [-0.1, -0.05) is 0 Å². The molecule has 19 heavy (non-hydrogen) atoms. The van der Waals surface area contributed by atoms with Gasteiger partial charge in [0.25, 0.3) is 0 Å². The van der Waals surface area contributed by atoms with Crippen LogP contribution in [0.5, 0.6) is 0 Å². The van der Waals surface area contributed by atoms with E-state index in [9.17, 15) is 26.7 Å². The lowest BCUT2D eigenvalue weighted by Gasteiger charge is -2.19. The van der Waals surface area contributed by atoms with E-state index in [2.05, 4.69) is 9.84 Å². The molecule has 0 amide bonds. The summed E-state index contributed by atoms with van der Waals surface area (Å²) in [7, 11) is 1.31. The van der Waals surface area contributed by atoms with Crippen molar-refractivity contribution in [3.8, 4) is 0 Å². The number of aromatic nitrogens is 2. The largest absolute Gasteiger partial charge is 0.478 e. The zero-order valence-electron chi connectivity index (χ0n) is 9.54. The summed E-state index contributed by atoms with van der Waals surface area (Å²) >= 11 is 0. The number of carboxylic acids is 1. The molecule has 1 aromatic rings. The number of hydrogen-bond acceptors (Lipinski definition) is 3. The van der Waals surface area contributed by atoms with E-state index in [0.717, 1.165) is 10.9 Å². The number of halogens is 5. The van der Waals surface area contributed by atoms with Gasteiger partial charge in [-0.3, -0.25) is 4.68 Å². The van der Waals surface area contributed by atoms with Crippen molar-refractivity contribution in [3.63, 3.8) is 0 Å². The molecule has 0 spiro atoms. The Balaban J connectivity index is 2.69. The predicted octanol–water partition coefficient (Wildman–Crippen LogP) is 1.83. The fourth-order valence-electron chi connectivity index (χ4n) is 1.17. The van der Waals surface area contributed by atoms with Gasteiger partial charge in [-0.05, 0) is 0 Å². The first-order chi connectivity index (χ1) is 8.56. The predicted molar refractivity (Wildman–Crippen MR) is 50.8 cm³/mol. The topological polar surface area (TPSA) is 64.4 Å². The summed E-state index contributed by atoms with van der Waals surface area (Å²) < 4.78 is 65.9. The molecule has 0 fully saturated rings. The number of nitrogens with zero attached hydrogens (tertiary/aromatic N) is 2. The number of carbonyl (C=O) groups is 1. The highest BCUT2D eigenvalue weighted by atomic mass is 19.4. The molecule has 0 aliphatic carbocycles. The van der Waals surface area contributed by atoms with Gasteiger partial charge in [0.2, 0.25) is 0 Å². The third-order valence-electron chi connectivity index (χ3n) is 2.23. The first-order valence-electron chi connectivity index (χ1n) is 4.82. The number of alkyl halides is 5. The maximum atomic E-state index is 12.5. The summed E-state index contributed by atoms with van der Waals surface area (Å²) in [5.41, 5.74) is -0.428. The molecule has 1 rings (SSSR count). The molecule has 0 atom stereocenters. The van der Waals surface area contributed by atoms with E-state index in [1.165, 1.54) is 7.05 Å². The standard InChI is InChI=1S/C9H9F5N2O3/c1-16-6(5(2-15-16)7(17)18)3-19-4-8(10,11)9(12,13)14/h2H,3-4H2,1H3,(H,17,18). The number of hydrogen-bond donors (Lipinski definition) is 1. The monoisotopic (exact) mass is 288 g/mol. The van der Waals surface area contributed by atoms with Gasteiger partial charge in [0.05, 0.1) is 18.5 Å². The van der Waals surface area contributed by atoms with Gasteiger partial charge in [-0.25, -0.2) is 4.79 Å². The van der Waals surface area contributed by atoms with Crippen molar-refractivity contribution < 1.29 is 36.6 Å². The van der Waals surface area contributed by atoms with E-state index in [0.29, 0.717) is 0 Å². The normalized spacial score (nSPS) is 12.7. The molecular weight excluding hydrogens is 279 g/mol. The van der Waals surface area contributed by atoms with Gasteiger partial charge in [0.1, 0.15) is 12.2 Å². The van der Waals surface area contributed by atoms with Crippen molar-refractivity contribution in [2.24, 2.45) is 7.05 Å². The van der Waals surface area contributed by atoms with Crippen LogP contribution in [-0.2, 0) is 18.4 Å². The Hall–Kier alpha value is -1.71. The van der Waals surface area contributed by atoms with Gasteiger partial charge < -0.3 is 9.84 Å². The number of rotatable bonds is 5. The van der Waals surface area contributed by atoms with Gasteiger partial charge in [0.15, 0.2) is 0 Å². The molecule has 0 aliphatic heterocycles. The second-order valence-corrected chi connectivity index (χ2v) is 3.63. The van der Waals surface area contributed by atoms with Crippen LogP contribution in [0.2, 0.25) is 0 Å². The van der Waals surface area contributed by atoms with E-state index < -0.39 is 31.3 Å². The number of ether oxygens (including phenoxy) is 1. The Morgan fingerprint density at radius 1 is 1.42 bits per heavy atom. The number of carboxylic acid groups (broad SMARTS) is 1. The lowest BCUT2D eigenvalue weighted by molar-refractivity contribution is -0.297. The fraction of sp³-hybridized carbons (Fsp3) is 0.556. The van der Waals surface area contributed by atoms with Crippen molar-refractivity contribution >= 4 is 5.97 Å². The van der Waals surface area contributed by atoms with Gasteiger partial charge in [-0.2, -0.15) is 27.1 Å². The Bertz CT molecular complexity index is 469. The SMILES string of the molecule is Cn1ncc(C(=O)O)c1COCC(F)(F)C(F)(F)F. The minimum Gasteiger partial charge on any atom is -0.478 e. The van der Waals surface area contributed by atoms with Crippen molar-refractivity contribution in [1.82, 2.24) is 9.78 Å². The van der Waals surface area contributed by atoms with Crippen LogP contribution in [0.25, 0.3) is 0 Å². The molecule has 0 aliphatic rings. The zero-order chi connectivity index (χ0) is 14.8. The third-order valence-corrected chi connectivity index (χ3v) is 2.23. The van der Waals surface area contributed by atoms with E-state index in [1.807, 2.05) is 0 Å². The highest BCUT2D eigenvalue weighted by Gasteiger charge is 2.57. The molecule has 5 nitrogen and oxygen atoms in total. The highest BCUT2D eigenvalue weighted by Crippen LogP contribution is 2.35. The minimum atomic E-state index is -5.71. The molecule has 1 N–H and O–H groups in total. The molecule has 0 aromatic carbocycles. The lowest BCUT2D eigenvalue weighted by Crippen LogP contribution is -2.40. The first kappa shape index (κ1) is 15.3. The summed E-state index contributed by atoms with van der Waals surface area (Å²) in [5, 5.41) is 12.3. The summed E-state index contributed by atoms with van der Waals surface area (Å²) in [6.45, 7) is -2.61. The van der Waals surface area contributed by atoms with Crippen LogP contribution in [0.3, 0.4) is 0 Å². The van der Waals surface area contributed by atoms with Crippen LogP contribution in [0, 0.1) is 0 Å². The summed E-state index contributed by atoms with van der Waals surface area (Å²) in [4.78, 5) is 10.7. The van der Waals surface area contributed by atoms with Crippen LogP contribution in [0.1, 0.15) is 16.1 Å². The number of aromatic carboxylic acids is 1. The molecule has 0 saturated heterocycles. The second kappa shape index (κ2) is 5.11. The van der Waals surface area contributed by atoms with Crippen molar-refractivity contribution in [2.75, 3.05) is 6.61 Å². The van der Waals surface area contributed by atoms with Crippen LogP contribution in [-0.4, -0.2) is 39.6 Å². The van der Waals surface area contributed by atoms with Crippen LogP contribution < -0.4 is 0 Å². The van der Waals surface area contributed by atoms with E-state index >= 15 is 0 Å². The maximum Gasteiger partial charge on any atom is 0.455 e. The summed E-state index contributed by atoms with van der Waals surface area (Å²) in [6.07, 6.45) is -4.77.